The van der Waals surface area contributed by atoms with Crippen molar-refractivity contribution in [1.29, 1.82) is 0 Å². The third kappa shape index (κ3) is 4.17. The van der Waals surface area contributed by atoms with Gasteiger partial charge in [-0.2, -0.15) is 0 Å². The summed E-state index contributed by atoms with van der Waals surface area (Å²) in [5, 5.41) is 4.72. The minimum Gasteiger partial charge on any atom is -0.309 e. The van der Waals surface area contributed by atoms with Crippen molar-refractivity contribution in [3.8, 4) is 0 Å². The first-order valence-electron chi connectivity index (χ1n) is 8.08. The molecule has 0 bridgehead atoms. The molecule has 1 saturated heterocycles. The molecule has 0 aliphatic carbocycles. The van der Waals surface area contributed by atoms with E-state index >= 15 is 0 Å². The summed E-state index contributed by atoms with van der Waals surface area (Å²) in [6.45, 7) is 1.98. The smallest absolute Gasteiger partial charge is 0.242 e. The highest BCUT2D eigenvalue weighted by Gasteiger charge is 2.37. The third-order valence-corrected chi connectivity index (χ3v) is 5.88. The van der Waals surface area contributed by atoms with Gasteiger partial charge in [-0.1, -0.05) is 12.1 Å². The highest BCUT2D eigenvalue weighted by atomic mass is 32.2. The van der Waals surface area contributed by atoms with Crippen LogP contribution in [-0.2, 0) is 14.8 Å². The van der Waals surface area contributed by atoms with Crippen molar-refractivity contribution in [2.24, 2.45) is 0 Å². The van der Waals surface area contributed by atoms with Gasteiger partial charge >= 0.3 is 0 Å². The van der Waals surface area contributed by atoms with E-state index in [9.17, 15) is 17.6 Å². The Morgan fingerprint density at radius 3 is 2.81 bits per heavy atom. The number of carbonyl (C=O) groups is 1. The Morgan fingerprint density at radius 1 is 1.31 bits per heavy atom. The second-order valence-corrected chi connectivity index (χ2v) is 8.11. The van der Waals surface area contributed by atoms with Gasteiger partial charge in [0.1, 0.15) is 11.6 Å². The standard InChI is InChI=1S/C17H19FN4O3S/c1-11-6-7-19-16(8-11)21-17(23)15-9-12(10-20-15)26(24,25)22-14-5-3-2-4-13(14)18/h2-8,12,15,20,22H,9-10H2,1H3,(H,19,21,23). The Hall–Kier alpha value is -2.52. The SMILES string of the molecule is Cc1ccnc(NC(=O)C2CC(S(=O)(=O)Nc3ccccc3F)CN2)c1. The number of rotatable bonds is 5. The lowest BCUT2D eigenvalue weighted by Gasteiger charge is -2.14. The minimum absolute atomic E-state index is 0.0848. The fraction of sp³-hybridized carbons (Fsp3) is 0.294. The maximum atomic E-state index is 13.7. The molecule has 2 unspecified atom stereocenters. The molecule has 2 atom stereocenters. The van der Waals surface area contributed by atoms with E-state index in [0.717, 1.165) is 5.56 Å². The monoisotopic (exact) mass is 378 g/mol. The predicted octanol–water partition coefficient (Wildman–Crippen LogP) is 1.64. The molecule has 2 aromatic rings. The van der Waals surface area contributed by atoms with Crippen LogP contribution in [0.4, 0.5) is 15.9 Å². The molecular weight excluding hydrogens is 359 g/mol. The zero-order valence-electron chi connectivity index (χ0n) is 14.1. The molecule has 1 aromatic heterocycles. The molecule has 1 aliphatic heterocycles. The van der Waals surface area contributed by atoms with Crippen molar-refractivity contribution in [3.05, 3.63) is 54.0 Å². The van der Waals surface area contributed by atoms with Crippen LogP contribution in [0.2, 0.25) is 0 Å². The number of anilines is 2. The summed E-state index contributed by atoms with van der Waals surface area (Å²) < 4.78 is 40.9. The fourth-order valence-electron chi connectivity index (χ4n) is 2.74. The van der Waals surface area contributed by atoms with Crippen molar-refractivity contribution in [2.75, 3.05) is 16.6 Å². The van der Waals surface area contributed by atoms with Crippen LogP contribution in [0.25, 0.3) is 0 Å². The van der Waals surface area contributed by atoms with Gasteiger partial charge in [0.2, 0.25) is 15.9 Å². The van der Waals surface area contributed by atoms with E-state index in [0.29, 0.717) is 5.82 Å². The lowest BCUT2D eigenvalue weighted by atomic mass is 10.2. The quantitative estimate of drug-likeness (QED) is 0.734. The molecule has 3 rings (SSSR count). The van der Waals surface area contributed by atoms with E-state index in [1.165, 1.54) is 18.2 Å². The van der Waals surface area contributed by atoms with Gasteiger partial charge in [0.25, 0.3) is 0 Å². The van der Waals surface area contributed by atoms with Gasteiger partial charge in [0.15, 0.2) is 0 Å². The first-order valence-corrected chi connectivity index (χ1v) is 9.63. The van der Waals surface area contributed by atoms with Crippen molar-refractivity contribution in [1.82, 2.24) is 10.3 Å². The summed E-state index contributed by atoms with van der Waals surface area (Å²) in [5.74, 6) is -0.596. The van der Waals surface area contributed by atoms with Crippen molar-refractivity contribution in [2.45, 2.75) is 24.6 Å². The summed E-state index contributed by atoms with van der Waals surface area (Å²) in [4.78, 5) is 16.4. The molecule has 1 fully saturated rings. The molecule has 1 aromatic carbocycles. The summed E-state index contributed by atoms with van der Waals surface area (Å²) in [6.07, 6.45) is 1.67. The molecule has 1 amide bonds. The minimum atomic E-state index is -3.83. The second-order valence-electron chi connectivity index (χ2n) is 6.15. The highest BCUT2D eigenvalue weighted by molar-refractivity contribution is 7.93. The number of sulfonamides is 1. The van der Waals surface area contributed by atoms with Gasteiger partial charge in [-0.05, 0) is 43.2 Å². The number of benzene rings is 1. The number of pyridine rings is 1. The summed E-state index contributed by atoms with van der Waals surface area (Å²) >= 11 is 0. The van der Waals surface area contributed by atoms with Crippen LogP contribution in [0.3, 0.4) is 0 Å². The van der Waals surface area contributed by atoms with Crippen LogP contribution in [0.15, 0.2) is 42.6 Å². The van der Waals surface area contributed by atoms with Crippen molar-refractivity contribution < 1.29 is 17.6 Å². The third-order valence-electron chi connectivity index (χ3n) is 4.14. The van der Waals surface area contributed by atoms with Gasteiger partial charge in [0.05, 0.1) is 17.0 Å². The van der Waals surface area contributed by atoms with Gasteiger partial charge in [0, 0.05) is 12.7 Å². The molecule has 7 nitrogen and oxygen atoms in total. The number of hydrogen-bond donors (Lipinski definition) is 3. The van der Waals surface area contributed by atoms with E-state index < -0.39 is 27.1 Å². The number of para-hydroxylation sites is 1. The number of halogens is 1. The van der Waals surface area contributed by atoms with Gasteiger partial charge in [-0.15, -0.1) is 0 Å². The molecule has 26 heavy (non-hydrogen) atoms. The van der Waals surface area contributed by atoms with E-state index in [1.807, 2.05) is 6.92 Å². The van der Waals surface area contributed by atoms with Crippen LogP contribution in [-0.4, -0.2) is 37.1 Å². The van der Waals surface area contributed by atoms with Crippen molar-refractivity contribution >= 4 is 27.4 Å². The molecule has 1 aliphatic rings. The Balaban J connectivity index is 1.64. The van der Waals surface area contributed by atoms with Crippen LogP contribution >= 0.6 is 0 Å². The largest absolute Gasteiger partial charge is 0.309 e. The maximum absolute atomic E-state index is 13.7. The fourth-order valence-corrected chi connectivity index (χ4v) is 4.14. The molecule has 138 valence electrons. The maximum Gasteiger partial charge on any atom is 0.242 e. The number of amides is 1. The zero-order valence-corrected chi connectivity index (χ0v) is 14.9. The van der Waals surface area contributed by atoms with Crippen LogP contribution in [0, 0.1) is 12.7 Å². The Morgan fingerprint density at radius 2 is 2.08 bits per heavy atom. The number of nitrogens with one attached hydrogen (secondary N) is 3. The highest BCUT2D eigenvalue weighted by Crippen LogP contribution is 2.21. The van der Waals surface area contributed by atoms with Gasteiger partial charge < -0.3 is 10.6 Å². The molecular formula is C17H19FN4O3S. The predicted molar refractivity (Wildman–Crippen MR) is 96.7 cm³/mol. The molecule has 2 heterocycles. The topological polar surface area (TPSA) is 100 Å². The van der Waals surface area contributed by atoms with E-state index in [-0.39, 0.29) is 24.6 Å². The van der Waals surface area contributed by atoms with Crippen molar-refractivity contribution in [3.63, 3.8) is 0 Å². The van der Waals surface area contributed by atoms with E-state index in [1.54, 1.807) is 24.4 Å². The first kappa shape index (κ1) is 18.3. The molecule has 9 heteroatoms. The molecule has 0 radical (unpaired) electrons. The summed E-state index contributed by atoms with van der Waals surface area (Å²) in [7, 11) is -3.83. The molecule has 0 saturated carbocycles. The average Bonchev–Trinajstić information content (AvgIpc) is 3.08. The normalized spacial score (nSPS) is 19.9. The Kier molecular flexibility index (Phi) is 5.19. The molecule has 3 N–H and O–H groups in total. The Labute approximate surface area is 151 Å². The van der Waals surface area contributed by atoms with E-state index in [2.05, 4.69) is 20.3 Å². The summed E-state index contributed by atoms with van der Waals surface area (Å²) in [5.41, 5.74) is 0.841. The number of carbonyl (C=O) groups excluding carboxylic acids is 1. The average molecular weight is 378 g/mol. The lowest BCUT2D eigenvalue weighted by molar-refractivity contribution is -0.117. The first-order chi connectivity index (χ1) is 12.3. The van der Waals surface area contributed by atoms with Crippen LogP contribution < -0.4 is 15.4 Å². The number of aromatic nitrogens is 1. The summed E-state index contributed by atoms with van der Waals surface area (Å²) in [6, 6.07) is 8.41. The van der Waals surface area contributed by atoms with Gasteiger partial charge in [-0.25, -0.2) is 17.8 Å². The number of hydrogen-bond acceptors (Lipinski definition) is 5. The van der Waals surface area contributed by atoms with Gasteiger partial charge in [-0.3, -0.25) is 9.52 Å². The number of nitrogens with zero attached hydrogens (tertiary/aromatic N) is 1. The zero-order chi connectivity index (χ0) is 18.7. The second kappa shape index (κ2) is 7.38. The lowest BCUT2D eigenvalue weighted by Crippen LogP contribution is -2.35. The van der Waals surface area contributed by atoms with E-state index in [4.69, 9.17) is 0 Å². The molecule has 0 spiro atoms. The van der Waals surface area contributed by atoms with Crippen LogP contribution in [0.5, 0.6) is 0 Å². The number of aryl methyl sites for hydroxylation is 1. The Bertz CT molecular complexity index is 920. The van der Waals surface area contributed by atoms with Crippen LogP contribution in [0.1, 0.15) is 12.0 Å².